The standard InChI is InChI=1S/C15H21N3S/c1-19-11-3-2-8-16-15-7-4-6-14(12-15)13-18-10-5-9-17-18/h4-7,9-10,12,16H,2-3,8,11,13H2,1H3. The van der Waals surface area contributed by atoms with Gasteiger partial charge < -0.3 is 5.32 Å². The van der Waals surface area contributed by atoms with Crippen LogP contribution in [0, 0.1) is 0 Å². The third-order valence-corrected chi connectivity index (χ3v) is 3.63. The molecule has 0 spiro atoms. The van der Waals surface area contributed by atoms with E-state index in [1.165, 1.54) is 29.8 Å². The highest BCUT2D eigenvalue weighted by atomic mass is 32.2. The molecule has 1 heterocycles. The van der Waals surface area contributed by atoms with Crippen LogP contribution in [0.15, 0.2) is 42.7 Å². The van der Waals surface area contributed by atoms with Crippen LogP contribution in [0.5, 0.6) is 0 Å². The van der Waals surface area contributed by atoms with Gasteiger partial charge in [-0.1, -0.05) is 12.1 Å². The molecule has 0 atom stereocenters. The molecule has 0 unspecified atom stereocenters. The Labute approximate surface area is 119 Å². The summed E-state index contributed by atoms with van der Waals surface area (Å²) in [5.74, 6) is 1.25. The number of thioether (sulfide) groups is 1. The Bertz CT molecular complexity index is 468. The van der Waals surface area contributed by atoms with E-state index >= 15 is 0 Å². The van der Waals surface area contributed by atoms with E-state index in [0.29, 0.717) is 0 Å². The van der Waals surface area contributed by atoms with Crippen LogP contribution in [0.4, 0.5) is 5.69 Å². The minimum absolute atomic E-state index is 0.828. The van der Waals surface area contributed by atoms with Crippen LogP contribution in [-0.4, -0.2) is 28.3 Å². The number of nitrogens with zero attached hydrogens (tertiary/aromatic N) is 2. The van der Waals surface area contributed by atoms with Crippen molar-refractivity contribution in [2.24, 2.45) is 0 Å². The van der Waals surface area contributed by atoms with Gasteiger partial charge in [0.05, 0.1) is 6.54 Å². The Morgan fingerprint density at radius 2 is 2.21 bits per heavy atom. The minimum atomic E-state index is 0.828. The summed E-state index contributed by atoms with van der Waals surface area (Å²) >= 11 is 1.91. The predicted octanol–water partition coefficient (Wildman–Crippen LogP) is 3.49. The molecule has 2 rings (SSSR count). The summed E-state index contributed by atoms with van der Waals surface area (Å²) < 4.78 is 1.94. The SMILES string of the molecule is CSCCCCNc1cccc(Cn2cccn2)c1. The number of hydrogen-bond donors (Lipinski definition) is 1. The average molecular weight is 275 g/mol. The fraction of sp³-hybridized carbons (Fsp3) is 0.400. The molecule has 0 amide bonds. The topological polar surface area (TPSA) is 29.9 Å². The third kappa shape index (κ3) is 4.99. The maximum absolute atomic E-state index is 4.23. The molecule has 0 aliphatic carbocycles. The zero-order valence-electron chi connectivity index (χ0n) is 11.4. The van der Waals surface area contributed by atoms with Crippen molar-refractivity contribution in [3.63, 3.8) is 0 Å². The van der Waals surface area contributed by atoms with Gasteiger partial charge >= 0.3 is 0 Å². The highest BCUT2D eigenvalue weighted by Crippen LogP contribution is 2.12. The lowest BCUT2D eigenvalue weighted by molar-refractivity contribution is 0.687. The van der Waals surface area contributed by atoms with Crippen LogP contribution in [0.1, 0.15) is 18.4 Å². The molecule has 4 heteroatoms. The van der Waals surface area contributed by atoms with Crippen LogP contribution in [0.25, 0.3) is 0 Å². The van der Waals surface area contributed by atoms with Gasteiger partial charge in [0, 0.05) is 24.6 Å². The van der Waals surface area contributed by atoms with E-state index < -0.39 is 0 Å². The van der Waals surface area contributed by atoms with Crippen LogP contribution in [0.2, 0.25) is 0 Å². The van der Waals surface area contributed by atoms with Crippen molar-refractivity contribution in [3.05, 3.63) is 48.3 Å². The molecule has 0 fully saturated rings. The second-order valence-electron chi connectivity index (χ2n) is 4.53. The Kier molecular flexibility index (Phi) is 5.82. The molecule has 19 heavy (non-hydrogen) atoms. The first-order valence-corrected chi connectivity index (χ1v) is 8.07. The van der Waals surface area contributed by atoms with Crippen molar-refractivity contribution in [3.8, 4) is 0 Å². The first-order valence-electron chi connectivity index (χ1n) is 6.67. The van der Waals surface area contributed by atoms with E-state index in [2.05, 4.69) is 40.9 Å². The summed E-state index contributed by atoms with van der Waals surface area (Å²) in [6.07, 6.45) is 8.47. The Hall–Kier alpha value is -1.42. The van der Waals surface area contributed by atoms with E-state index in [9.17, 15) is 0 Å². The molecule has 1 aromatic heterocycles. The van der Waals surface area contributed by atoms with Crippen molar-refractivity contribution in [2.45, 2.75) is 19.4 Å². The number of hydrogen-bond acceptors (Lipinski definition) is 3. The molecule has 2 aromatic rings. The van der Waals surface area contributed by atoms with E-state index in [4.69, 9.17) is 0 Å². The average Bonchev–Trinajstić information content (AvgIpc) is 2.92. The van der Waals surface area contributed by atoms with E-state index in [0.717, 1.165) is 13.1 Å². The van der Waals surface area contributed by atoms with Crippen molar-refractivity contribution in [1.82, 2.24) is 9.78 Å². The quantitative estimate of drug-likeness (QED) is 0.748. The number of benzene rings is 1. The summed E-state index contributed by atoms with van der Waals surface area (Å²) in [5.41, 5.74) is 2.48. The van der Waals surface area contributed by atoms with Gasteiger partial charge in [0.1, 0.15) is 0 Å². The zero-order chi connectivity index (χ0) is 13.3. The summed E-state index contributed by atoms with van der Waals surface area (Å²) in [4.78, 5) is 0. The van der Waals surface area contributed by atoms with E-state index in [1.807, 2.05) is 34.9 Å². The lowest BCUT2D eigenvalue weighted by Crippen LogP contribution is -2.04. The van der Waals surface area contributed by atoms with E-state index in [1.54, 1.807) is 0 Å². The highest BCUT2D eigenvalue weighted by molar-refractivity contribution is 7.98. The molecule has 3 nitrogen and oxygen atoms in total. The van der Waals surface area contributed by atoms with Crippen LogP contribution >= 0.6 is 11.8 Å². The van der Waals surface area contributed by atoms with Gasteiger partial charge in [0.15, 0.2) is 0 Å². The first-order chi connectivity index (χ1) is 9.38. The van der Waals surface area contributed by atoms with Gasteiger partial charge in [-0.2, -0.15) is 16.9 Å². The second-order valence-corrected chi connectivity index (χ2v) is 5.52. The van der Waals surface area contributed by atoms with E-state index in [-0.39, 0.29) is 0 Å². The molecule has 0 saturated carbocycles. The van der Waals surface area contributed by atoms with Gasteiger partial charge in [-0.15, -0.1) is 0 Å². The van der Waals surface area contributed by atoms with Crippen molar-refractivity contribution < 1.29 is 0 Å². The van der Waals surface area contributed by atoms with Crippen LogP contribution in [0.3, 0.4) is 0 Å². The van der Waals surface area contributed by atoms with Crippen molar-refractivity contribution >= 4 is 17.4 Å². The molecular weight excluding hydrogens is 254 g/mol. The molecule has 0 aliphatic heterocycles. The monoisotopic (exact) mass is 275 g/mol. The fourth-order valence-electron chi connectivity index (χ4n) is 1.96. The second kappa shape index (κ2) is 7.89. The zero-order valence-corrected chi connectivity index (χ0v) is 12.2. The van der Waals surface area contributed by atoms with Gasteiger partial charge in [0.25, 0.3) is 0 Å². The Morgan fingerprint density at radius 3 is 3.00 bits per heavy atom. The summed E-state index contributed by atoms with van der Waals surface area (Å²) in [5, 5.41) is 7.72. The lowest BCUT2D eigenvalue weighted by Gasteiger charge is -2.08. The Balaban J connectivity index is 1.81. The Morgan fingerprint density at radius 1 is 1.26 bits per heavy atom. The van der Waals surface area contributed by atoms with Gasteiger partial charge in [-0.25, -0.2) is 0 Å². The largest absolute Gasteiger partial charge is 0.385 e. The smallest absolute Gasteiger partial charge is 0.0660 e. The lowest BCUT2D eigenvalue weighted by atomic mass is 10.2. The van der Waals surface area contributed by atoms with Crippen LogP contribution in [-0.2, 0) is 6.54 Å². The van der Waals surface area contributed by atoms with Gasteiger partial charge in [-0.3, -0.25) is 4.68 Å². The third-order valence-electron chi connectivity index (χ3n) is 2.94. The summed E-state index contributed by atoms with van der Waals surface area (Å²) in [6, 6.07) is 10.5. The molecule has 0 radical (unpaired) electrons. The number of nitrogens with one attached hydrogen (secondary N) is 1. The molecule has 0 bridgehead atoms. The maximum Gasteiger partial charge on any atom is 0.0660 e. The van der Waals surface area contributed by atoms with Crippen molar-refractivity contribution in [2.75, 3.05) is 23.9 Å². The predicted molar refractivity (Wildman–Crippen MR) is 83.9 cm³/mol. The summed E-state index contributed by atoms with van der Waals surface area (Å²) in [6.45, 7) is 1.88. The normalized spacial score (nSPS) is 10.6. The molecule has 0 aliphatic rings. The van der Waals surface area contributed by atoms with Crippen molar-refractivity contribution in [1.29, 1.82) is 0 Å². The van der Waals surface area contributed by atoms with Gasteiger partial charge in [-0.05, 0) is 48.6 Å². The number of rotatable bonds is 8. The maximum atomic E-state index is 4.23. The molecule has 0 saturated heterocycles. The number of unbranched alkanes of at least 4 members (excludes halogenated alkanes) is 1. The van der Waals surface area contributed by atoms with Crippen LogP contribution < -0.4 is 5.32 Å². The fourth-order valence-corrected chi connectivity index (χ4v) is 2.46. The van der Waals surface area contributed by atoms with Gasteiger partial charge in [0.2, 0.25) is 0 Å². The first kappa shape index (κ1) is 14.0. The summed E-state index contributed by atoms with van der Waals surface area (Å²) in [7, 11) is 0. The number of anilines is 1. The molecule has 102 valence electrons. The molecule has 1 N–H and O–H groups in total. The number of aromatic nitrogens is 2. The molecular formula is C15H21N3S. The minimum Gasteiger partial charge on any atom is -0.385 e. The molecule has 1 aromatic carbocycles. The highest BCUT2D eigenvalue weighted by Gasteiger charge is 1.97.